The van der Waals surface area contributed by atoms with Gasteiger partial charge in [0.15, 0.2) is 0 Å². The lowest BCUT2D eigenvalue weighted by Gasteiger charge is -2.23. The van der Waals surface area contributed by atoms with E-state index in [0.717, 1.165) is 36.0 Å². The van der Waals surface area contributed by atoms with Gasteiger partial charge < -0.3 is 14.0 Å². The van der Waals surface area contributed by atoms with Gasteiger partial charge in [0.05, 0.1) is 34.3 Å². The molecular weight excluding hydrogens is 262 g/mol. The van der Waals surface area contributed by atoms with E-state index in [4.69, 9.17) is 4.74 Å². The Labute approximate surface area is 129 Å². The molecule has 118 valence electrons. The van der Waals surface area contributed by atoms with E-state index < -0.39 is 0 Å². The molecule has 0 aliphatic carbocycles. The third-order valence-corrected chi connectivity index (χ3v) is 3.46. The molecule has 1 rings (SSSR count). The Hall–Kier alpha value is -1.35. The summed E-state index contributed by atoms with van der Waals surface area (Å²) in [5.74, 6) is 1.00. The van der Waals surface area contributed by atoms with Crippen LogP contribution < -0.4 is 4.74 Å². The van der Waals surface area contributed by atoms with Gasteiger partial charge in [0.2, 0.25) is 0 Å². The number of nitrogens with zero attached hydrogens (tertiary/aromatic N) is 1. The number of benzene rings is 1. The molecule has 21 heavy (non-hydrogen) atoms. The van der Waals surface area contributed by atoms with Gasteiger partial charge >= 0.3 is 0 Å². The molecule has 0 radical (unpaired) electrons. The molecule has 0 spiro atoms. The maximum atomic E-state index is 10.6. The van der Waals surface area contributed by atoms with Crippen LogP contribution in [0.15, 0.2) is 24.3 Å². The number of aldehydes is 1. The first-order valence-electron chi connectivity index (χ1n) is 7.88. The molecule has 3 nitrogen and oxygen atoms in total. The molecule has 0 aromatic heterocycles. The van der Waals surface area contributed by atoms with Crippen LogP contribution in [0.25, 0.3) is 0 Å². The summed E-state index contributed by atoms with van der Waals surface area (Å²) in [5, 5.41) is 0. The fourth-order valence-corrected chi connectivity index (χ4v) is 2.20. The lowest BCUT2D eigenvalue weighted by molar-refractivity contribution is -0.870. The van der Waals surface area contributed by atoms with Gasteiger partial charge in [-0.05, 0) is 43.4 Å². The van der Waals surface area contributed by atoms with Crippen LogP contribution in [0.4, 0.5) is 0 Å². The number of ether oxygens (including phenoxy) is 1. The number of unbranched alkanes of at least 4 members (excludes halogenated alkanes) is 2. The van der Waals surface area contributed by atoms with Gasteiger partial charge in [-0.2, -0.15) is 0 Å². The summed E-state index contributed by atoms with van der Waals surface area (Å²) in [5.41, 5.74) is 1.19. The molecule has 0 saturated carbocycles. The molecule has 0 amide bonds. The molecule has 1 aromatic carbocycles. The predicted molar refractivity (Wildman–Crippen MR) is 87.6 cm³/mol. The smallest absolute Gasteiger partial charge is 0.123 e. The van der Waals surface area contributed by atoms with Crippen LogP contribution in [0.5, 0.6) is 5.75 Å². The molecule has 0 bridgehead atoms. The molecule has 0 saturated heterocycles. The van der Waals surface area contributed by atoms with Crippen molar-refractivity contribution in [2.24, 2.45) is 5.92 Å². The summed E-state index contributed by atoms with van der Waals surface area (Å²) >= 11 is 0. The van der Waals surface area contributed by atoms with Gasteiger partial charge in [0.25, 0.3) is 0 Å². The van der Waals surface area contributed by atoms with Crippen molar-refractivity contribution in [3.05, 3.63) is 29.8 Å². The van der Waals surface area contributed by atoms with Crippen LogP contribution in [0.1, 0.15) is 31.7 Å². The maximum absolute atomic E-state index is 10.6. The zero-order chi connectivity index (χ0) is 15.7. The fourth-order valence-electron chi connectivity index (χ4n) is 2.20. The minimum atomic E-state index is 0.0815. The van der Waals surface area contributed by atoms with E-state index in [2.05, 4.69) is 21.1 Å². The Morgan fingerprint density at radius 3 is 2.33 bits per heavy atom. The second-order valence-electron chi connectivity index (χ2n) is 6.88. The summed E-state index contributed by atoms with van der Waals surface area (Å²) in [7, 11) is 6.68. The number of rotatable bonds is 10. The molecule has 0 aliphatic rings. The van der Waals surface area contributed by atoms with E-state index in [0.29, 0.717) is 0 Å². The fraction of sp³-hybridized carbons (Fsp3) is 0.611. The third kappa shape index (κ3) is 8.51. The Bertz CT molecular complexity index is 406. The molecule has 3 heteroatoms. The van der Waals surface area contributed by atoms with Gasteiger partial charge in [0.1, 0.15) is 12.0 Å². The first-order valence-corrected chi connectivity index (χ1v) is 7.88. The Balaban J connectivity index is 2.19. The van der Waals surface area contributed by atoms with Crippen molar-refractivity contribution in [2.75, 3.05) is 34.3 Å². The second kappa shape index (κ2) is 8.83. The van der Waals surface area contributed by atoms with Gasteiger partial charge in [-0.3, -0.25) is 0 Å². The highest BCUT2D eigenvalue weighted by Crippen LogP contribution is 2.15. The summed E-state index contributed by atoms with van der Waals surface area (Å²) in [4.78, 5) is 10.6. The average molecular weight is 292 g/mol. The quantitative estimate of drug-likeness (QED) is 0.376. The molecule has 1 aromatic rings. The van der Waals surface area contributed by atoms with Crippen molar-refractivity contribution in [3.63, 3.8) is 0 Å². The van der Waals surface area contributed by atoms with E-state index in [1.165, 1.54) is 24.9 Å². The summed E-state index contributed by atoms with van der Waals surface area (Å²) in [6, 6.07) is 8.09. The van der Waals surface area contributed by atoms with Crippen molar-refractivity contribution >= 4 is 6.29 Å². The van der Waals surface area contributed by atoms with Crippen molar-refractivity contribution in [3.8, 4) is 5.75 Å². The first kappa shape index (κ1) is 17.7. The van der Waals surface area contributed by atoms with E-state index in [1.54, 1.807) is 0 Å². The lowest BCUT2D eigenvalue weighted by atomic mass is 10.0. The highest BCUT2D eigenvalue weighted by Gasteiger charge is 2.05. The van der Waals surface area contributed by atoms with Gasteiger partial charge in [-0.15, -0.1) is 0 Å². The second-order valence-corrected chi connectivity index (χ2v) is 6.88. The molecule has 0 fully saturated rings. The molecule has 0 heterocycles. The summed E-state index contributed by atoms with van der Waals surface area (Å²) in [6.45, 7) is 3.93. The van der Waals surface area contributed by atoms with E-state index in [9.17, 15) is 4.79 Å². The molecule has 1 unspecified atom stereocenters. The zero-order valence-electron chi connectivity index (χ0n) is 14.0. The maximum Gasteiger partial charge on any atom is 0.123 e. The first-order chi connectivity index (χ1) is 9.90. The number of hydrogen-bond acceptors (Lipinski definition) is 2. The topological polar surface area (TPSA) is 26.3 Å². The highest BCUT2D eigenvalue weighted by molar-refractivity contribution is 5.53. The van der Waals surface area contributed by atoms with Crippen LogP contribution in [0, 0.1) is 5.92 Å². The monoisotopic (exact) mass is 292 g/mol. The predicted octanol–water partition coefficient (Wildman–Crippen LogP) is 3.32. The molecule has 0 aliphatic heterocycles. The van der Waals surface area contributed by atoms with Crippen LogP contribution in [-0.4, -0.2) is 45.1 Å². The Morgan fingerprint density at radius 2 is 1.76 bits per heavy atom. The molecule has 1 atom stereocenters. The van der Waals surface area contributed by atoms with Crippen molar-refractivity contribution in [2.45, 2.75) is 32.6 Å². The number of carbonyl (C=O) groups is 1. The Morgan fingerprint density at radius 1 is 1.10 bits per heavy atom. The standard InChI is InChI=1S/C18H30NO2/c1-16(15-20)14-17-8-10-18(11-9-17)21-13-7-5-6-12-19(2,3)4/h8-11,15-16H,5-7,12-14H2,1-4H3/q+1. The number of quaternary nitrogens is 1. The minimum Gasteiger partial charge on any atom is -0.494 e. The average Bonchev–Trinajstić information content (AvgIpc) is 2.43. The van der Waals surface area contributed by atoms with E-state index >= 15 is 0 Å². The SMILES string of the molecule is CC(C=O)Cc1ccc(OCCCCC[N+](C)(C)C)cc1. The van der Waals surface area contributed by atoms with Crippen molar-refractivity contribution in [1.29, 1.82) is 0 Å². The molecular formula is C18H30NO2+. The molecule has 0 N–H and O–H groups in total. The van der Waals surface area contributed by atoms with Crippen LogP contribution in [0.2, 0.25) is 0 Å². The van der Waals surface area contributed by atoms with Gasteiger partial charge in [0, 0.05) is 5.92 Å². The Kier molecular flexibility index (Phi) is 7.44. The van der Waals surface area contributed by atoms with Crippen LogP contribution in [0.3, 0.4) is 0 Å². The van der Waals surface area contributed by atoms with E-state index in [1.807, 2.05) is 31.2 Å². The normalized spacial score (nSPS) is 13.0. The summed E-state index contributed by atoms with van der Waals surface area (Å²) < 4.78 is 6.78. The van der Waals surface area contributed by atoms with Gasteiger partial charge in [-0.1, -0.05) is 19.1 Å². The van der Waals surface area contributed by atoms with Crippen molar-refractivity contribution in [1.82, 2.24) is 0 Å². The van der Waals surface area contributed by atoms with E-state index in [-0.39, 0.29) is 5.92 Å². The van der Waals surface area contributed by atoms with Crippen LogP contribution in [-0.2, 0) is 11.2 Å². The largest absolute Gasteiger partial charge is 0.494 e. The van der Waals surface area contributed by atoms with Gasteiger partial charge in [-0.25, -0.2) is 0 Å². The minimum absolute atomic E-state index is 0.0815. The summed E-state index contributed by atoms with van der Waals surface area (Å²) in [6.07, 6.45) is 5.36. The zero-order valence-corrected chi connectivity index (χ0v) is 14.0. The lowest BCUT2D eigenvalue weighted by Crippen LogP contribution is -2.35. The van der Waals surface area contributed by atoms with Crippen molar-refractivity contribution < 1.29 is 14.0 Å². The van der Waals surface area contributed by atoms with Crippen LogP contribution >= 0.6 is 0 Å². The number of carbonyl (C=O) groups excluding carboxylic acids is 1. The highest BCUT2D eigenvalue weighted by atomic mass is 16.5. The third-order valence-electron chi connectivity index (χ3n) is 3.46. The number of hydrogen-bond donors (Lipinski definition) is 0.